The molecule has 1 aromatic carbocycles. The van der Waals surface area contributed by atoms with Gasteiger partial charge >= 0.3 is 6.18 Å². The van der Waals surface area contributed by atoms with Crippen molar-refractivity contribution in [1.82, 2.24) is 0 Å². The van der Waals surface area contributed by atoms with Crippen molar-refractivity contribution in [3.05, 3.63) is 17.7 Å². The molecule has 0 spiro atoms. The Morgan fingerprint density at radius 2 is 1.67 bits per heavy atom. The molecule has 0 saturated carbocycles. The zero-order valence-corrected chi connectivity index (χ0v) is 11.8. The van der Waals surface area contributed by atoms with Gasteiger partial charge in [0.1, 0.15) is 6.61 Å². The number of rotatable bonds is 8. The van der Waals surface area contributed by atoms with E-state index in [1.807, 2.05) is 0 Å². The molecule has 0 fully saturated rings. The van der Waals surface area contributed by atoms with E-state index in [-0.39, 0.29) is 5.75 Å². The first-order valence-electron chi connectivity index (χ1n) is 6.13. The minimum Gasteiger partial charge on any atom is -0.493 e. The molecule has 0 heterocycles. The van der Waals surface area contributed by atoms with Crippen LogP contribution >= 0.6 is 0 Å². The molecule has 0 atom stereocenters. The molecule has 8 heteroatoms. The fraction of sp³-hybridized carbons (Fsp3) is 0.538. The van der Waals surface area contributed by atoms with E-state index >= 15 is 0 Å². The predicted molar refractivity (Wildman–Crippen MR) is 69.8 cm³/mol. The Labute approximate surface area is 120 Å². The maximum absolute atomic E-state index is 12.0. The molecule has 0 unspecified atom stereocenters. The molecule has 120 valence electrons. The van der Waals surface area contributed by atoms with E-state index in [9.17, 15) is 13.2 Å². The Bertz CT molecular complexity index is 427. The van der Waals surface area contributed by atoms with Crippen LogP contribution in [0.4, 0.5) is 13.2 Å². The van der Waals surface area contributed by atoms with Crippen molar-refractivity contribution in [2.24, 2.45) is 5.73 Å². The van der Waals surface area contributed by atoms with E-state index in [1.165, 1.54) is 14.2 Å². The first kappa shape index (κ1) is 17.4. The Kier molecular flexibility index (Phi) is 6.57. The minimum atomic E-state index is -4.40. The molecular weight excluding hydrogens is 291 g/mol. The van der Waals surface area contributed by atoms with Crippen LogP contribution in [0.3, 0.4) is 0 Å². The van der Waals surface area contributed by atoms with E-state index in [0.29, 0.717) is 24.5 Å². The molecule has 5 nitrogen and oxygen atoms in total. The zero-order valence-electron chi connectivity index (χ0n) is 11.8. The number of hydrogen-bond acceptors (Lipinski definition) is 5. The third-order valence-electron chi connectivity index (χ3n) is 2.51. The highest BCUT2D eigenvalue weighted by molar-refractivity contribution is 5.53. The molecule has 0 radical (unpaired) electrons. The number of benzene rings is 1. The van der Waals surface area contributed by atoms with Crippen LogP contribution in [0.2, 0.25) is 0 Å². The largest absolute Gasteiger partial charge is 0.493 e. The van der Waals surface area contributed by atoms with E-state index in [4.69, 9.17) is 19.9 Å². The van der Waals surface area contributed by atoms with Crippen LogP contribution in [0.25, 0.3) is 0 Å². The van der Waals surface area contributed by atoms with Gasteiger partial charge < -0.3 is 24.7 Å². The Balaban J connectivity index is 2.79. The van der Waals surface area contributed by atoms with Crippen molar-refractivity contribution >= 4 is 0 Å². The molecule has 2 N–H and O–H groups in total. The molecule has 0 aromatic heterocycles. The summed E-state index contributed by atoms with van der Waals surface area (Å²) < 4.78 is 55.8. The Morgan fingerprint density at radius 3 is 2.10 bits per heavy atom. The maximum atomic E-state index is 12.0. The highest BCUT2D eigenvalue weighted by atomic mass is 19.4. The minimum absolute atomic E-state index is 0.183. The van der Waals surface area contributed by atoms with Crippen LogP contribution in [-0.2, 0) is 11.2 Å². The topological polar surface area (TPSA) is 62.9 Å². The van der Waals surface area contributed by atoms with Crippen molar-refractivity contribution in [2.75, 3.05) is 34.2 Å². The SMILES string of the molecule is COc1cc(CCN)cc(OC)c1OCOCC(F)(F)F. The normalized spacial score (nSPS) is 11.3. The summed E-state index contributed by atoms with van der Waals surface area (Å²) in [6.07, 6.45) is -3.79. The molecule has 21 heavy (non-hydrogen) atoms. The molecule has 0 bridgehead atoms. The summed E-state index contributed by atoms with van der Waals surface area (Å²) in [5, 5.41) is 0. The second kappa shape index (κ2) is 7.94. The monoisotopic (exact) mass is 309 g/mol. The van der Waals surface area contributed by atoms with Crippen LogP contribution in [-0.4, -0.2) is 40.3 Å². The summed E-state index contributed by atoms with van der Waals surface area (Å²) in [5.41, 5.74) is 6.35. The fourth-order valence-electron chi connectivity index (χ4n) is 1.65. The van der Waals surface area contributed by atoms with Gasteiger partial charge in [-0.05, 0) is 30.7 Å². The van der Waals surface area contributed by atoms with E-state index in [2.05, 4.69) is 4.74 Å². The average molecular weight is 309 g/mol. The number of alkyl halides is 3. The van der Waals surface area contributed by atoms with Crippen molar-refractivity contribution in [3.8, 4) is 17.2 Å². The number of ether oxygens (including phenoxy) is 4. The van der Waals surface area contributed by atoms with Crippen molar-refractivity contribution in [1.29, 1.82) is 0 Å². The van der Waals surface area contributed by atoms with Gasteiger partial charge in [0.15, 0.2) is 18.3 Å². The lowest BCUT2D eigenvalue weighted by Gasteiger charge is -2.16. The third-order valence-corrected chi connectivity index (χ3v) is 2.51. The van der Waals surface area contributed by atoms with E-state index < -0.39 is 19.6 Å². The molecule has 0 aliphatic carbocycles. The van der Waals surface area contributed by atoms with Gasteiger partial charge in [0.2, 0.25) is 5.75 Å². The Hall–Kier alpha value is -1.67. The van der Waals surface area contributed by atoms with Crippen molar-refractivity contribution in [3.63, 3.8) is 0 Å². The number of methoxy groups -OCH3 is 2. The van der Waals surface area contributed by atoms with Crippen LogP contribution in [0.5, 0.6) is 17.2 Å². The lowest BCUT2D eigenvalue weighted by molar-refractivity contribution is -0.187. The number of halogens is 3. The molecule has 0 aliphatic rings. The van der Waals surface area contributed by atoms with Crippen LogP contribution in [0.15, 0.2) is 12.1 Å². The third kappa shape index (κ3) is 5.68. The summed E-state index contributed by atoms with van der Waals surface area (Å²) in [6.45, 7) is -1.51. The van der Waals surface area contributed by atoms with Gasteiger partial charge in [-0.2, -0.15) is 13.2 Å². The van der Waals surface area contributed by atoms with E-state index in [1.54, 1.807) is 12.1 Å². The Morgan fingerprint density at radius 1 is 1.10 bits per heavy atom. The summed E-state index contributed by atoms with van der Waals surface area (Å²) in [5.74, 6) is 0.866. The first-order valence-corrected chi connectivity index (χ1v) is 6.13. The smallest absolute Gasteiger partial charge is 0.411 e. The zero-order chi connectivity index (χ0) is 15.9. The van der Waals surface area contributed by atoms with Crippen LogP contribution in [0.1, 0.15) is 5.56 Å². The average Bonchev–Trinajstić information content (AvgIpc) is 2.43. The number of hydrogen-bond donors (Lipinski definition) is 1. The van der Waals surface area contributed by atoms with Gasteiger partial charge in [0, 0.05) is 0 Å². The van der Waals surface area contributed by atoms with Gasteiger partial charge in [-0.3, -0.25) is 0 Å². The molecular formula is C13H18F3NO4. The number of nitrogens with two attached hydrogens (primary N) is 1. The lowest BCUT2D eigenvalue weighted by atomic mass is 10.1. The summed E-state index contributed by atoms with van der Waals surface area (Å²) in [7, 11) is 2.84. The highest BCUT2D eigenvalue weighted by Gasteiger charge is 2.27. The molecule has 0 amide bonds. The van der Waals surface area contributed by atoms with Crippen LogP contribution in [0, 0.1) is 0 Å². The van der Waals surface area contributed by atoms with Gasteiger partial charge in [-0.25, -0.2) is 0 Å². The summed E-state index contributed by atoms with van der Waals surface area (Å²) in [6, 6.07) is 3.38. The van der Waals surface area contributed by atoms with Gasteiger partial charge in [-0.1, -0.05) is 0 Å². The molecule has 1 rings (SSSR count). The first-order chi connectivity index (χ1) is 9.91. The second-order valence-electron chi connectivity index (χ2n) is 4.09. The summed E-state index contributed by atoms with van der Waals surface area (Å²) in [4.78, 5) is 0. The predicted octanol–water partition coefficient (Wildman–Crippen LogP) is 2.12. The van der Waals surface area contributed by atoms with Gasteiger partial charge in [0.25, 0.3) is 0 Å². The molecule has 0 saturated heterocycles. The molecule has 1 aromatic rings. The fourth-order valence-corrected chi connectivity index (χ4v) is 1.65. The second-order valence-corrected chi connectivity index (χ2v) is 4.09. The van der Waals surface area contributed by atoms with Crippen LogP contribution < -0.4 is 19.9 Å². The van der Waals surface area contributed by atoms with Crippen molar-refractivity contribution in [2.45, 2.75) is 12.6 Å². The van der Waals surface area contributed by atoms with Gasteiger partial charge in [-0.15, -0.1) is 0 Å². The molecule has 0 aliphatic heterocycles. The quantitative estimate of drug-likeness (QED) is 0.589. The summed E-state index contributed by atoms with van der Waals surface area (Å²) >= 11 is 0. The standard InChI is InChI=1S/C13H18F3NO4/c1-18-10-5-9(3-4-17)6-11(19-2)12(10)21-8-20-7-13(14,15)16/h5-6H,3-4,7-8,17H2,1-2H3. The lowest BCUT2D eigenvalue weighted by Crippen LogP contribution is -2.19. The van der Waals surface area contributed by atoms with Gasteiger partial charge in [0.05, 0.1) is 14.2 Å². The highest BCUT2D eigenvalue weighted by Crippen LogP contribution is 2.38. The van der Waals surface area contributed by atoms with Crippen molar-refractivity contribution < 1.29 is 32.1 Å². The maximum Gasteiger partial charge on any atom is 0.411 e. The van der Waals surface area contributed by atoms with E-state index in [0.717, 1.165) is 5.56 Å².